The van der Waals surface area contributed by atoms with Gasteiger partial charge in [0.2, 0.25) is 0 Å². The second-order valence-corrected chi connectivity index (χ2v) is 6.07. The SMILES string of the molecule is OCCCCCCCCCCCCCN1CCOCC1. The van der Waals surface area contributed by atoms with Crippen LogP contribution in [0.3, 0.4) is 0 Å². The van der Waals surface area contributed by atoms with Crippen molar-refractivity contribution in [2.24, 2.45) is 0 Å². The molecule has 0 saturated carbocycles. The lowest BCUT2D eigenvalue weighted by molar-refractivity contribution is 0.0371. The molecule has 1 aliphatic heterocycles. The van der Waals surface area contributed by atoms with Gasteiger partial charge in [-0.15, -0.1) is 0 Å². The number of hydrogen-bond acceptors (Lipinski definition) is 3. The summed E-state index contributed by atoms with van der Waals surface area (Å²) in [6.07, 6.45) is 14.7. The van der Waals surface area contributed by atoms with E-state index >= 15 is 0 Å². The lowest BCUT2D eigenvalue weighted by Crippen LogP contribution is -2.36. The quantitative estimate of drug-likeness (QED) is 0.525. The Bertz CT molecular complexity index is 193. The predicted octanol–water partition coefficient (Wildman–Crippen LogP) is 3.60. The molecule has 0 radical (unpaired) electrons. The lowest BCUT2D eigenvalue weighted by atomic mass is 10.1. The highest BCUT2D eigenvalue weighted by Gasteiger charge is 2.08. The van der Waals surface area contributed by atoms with Crippen LogP contribution in [0.4, 0.5) is 0 Å². The summed E-state index contributed by atoms with van der Waals surface area (Å²) >= 11 is 0. The Morgan fingerprint density at radius 1 is 0.650 bits per heavy atom. The van der Waals surface area contributed by atoms with E-state index in [1.165, 1.54) is 70.8 Å². The molecule has 1 fully saturated rings. The van der Waals surface area contributed by atoms with Crippen LogP contribution in [-0.4, -0.2) is 49.5 Å². The summed E-state index contributed by atoms with van der Waals surface area (Å²) in [6.45, 7) is 5.77. The second kappa shape index (κ2) is 13.8. The van der Waals surface area contributed by atoms with Crippen molar-refractivity contribution in [3.05, 3.63) is 0 Å². The molecular formula is C17H35NO2. The van der Waals surface area contributed by atoms with Crippen LogP contribution in [0.2, 0.25) is 0 Å². The average Bonchev–Trinajstić information content (AvgIpc) is 2.49. The number of hydrogen-bond donors (Lipinski definition) is 1. The minimum absolute atomic E-state index is 0.366. The molecule has 0 bridgehead atoms. The van der Waals surface area contributed by atoms with E-state index in [2.05, 4.69) is 4.90 Å². The molecule has 0 atom stereocenters. The number of ether oxygens (including phenoxy) is 1. The molecule has 0 aromatic rings. The van der Waals surface area contributed by atoms with Crippen LogP contribution in [0.25, 0.3) is 0 Å². The van der Waals surface area contributed by atoms with Crippen LogP contribution in [-0.2, 0) is 4.74 Å². The van der Waals surface area contributed by atoms with Crippen LogP contribution in [0.1, 0.15) is 70.6 Å². The number of morpholine rings is 1. The molecule has 1 aliphatic rings. The zero-order valence-electron chi connectivity index (χ0n) is 13.3. The second-order valence-electron chi connectivity index (χ2n) is 6.07. The summed E-state index contributed by atoms with van der Waals surface area (Å²) in [5.74, 6) is 0. The topological polar surface area (TPSA) is 32.7 Å². The minimum Gasteiger partial charge on any atom is -0.396 e. The summed E-state index contributed by atoms with van der Waals surface area (Å²) in [5.41, 5.74) is 0. The Kier molecular flexibility index (Phi) is 12.4. The molecule has 1 rings (SSSR count). The highest BCUT2D eigenvalue weighted by molar-refractivity contribution is 4.61. The lowest BCUT2D eigenvalue weighted by Gasteiger charge is -2.26. The van der Waals surface area contributed by atoms with Gasteiger partial charge in [0.1, 0.15) is 0 Å². The maximum Gasteiger partial charge on any atom is 0.0594 e. The van der Waals surface area contributed by atoms with Gasteiger partial charge >= 0.3 is 0 Å². The van der Waals surface area contributed by atoms with Gasteiger partial charge < -0.3 is 9.84 Å². The van der Waals surface area contributed by atoms with Crippen molar-refractivity contribution in [2.75, 3.05) is 39.5 Å². The van der Waals surface area contributed by atoms with E-state index < -0.39 is 0 Å². The molecule has 0 unspecified atom stereocenters. The first-order valence-corrected chi connectivity index (χ1v) is 8.84. The number of unbranched alkanes of at least 4 members (excludes halogenated alkanes) is 10. The van der Waals surface area contributed by atoms with Crippen LogP contribution in [0.15, 0.2) is 0 Å². The number of rotatable bonds is 13. The number of aliphatic hydroxyl groups excluding tert-OH is 1. The van der Waals surface area contributed by atoms with Crippen molar-refractivity contribution < 1.29 is 9.84 Å². The van der Waals surface area contributed by atoms with E-state index in [1.54, 1.807) is 0 Å². The Labute approximate surface area is 125 Å². The Balaban J connectivity index is 1.70. The van der Waals surface area contributed by atoms with Crippen molar-refractivity contribution in [1.82, 2.24) is 4.90 Å². The minimum atomic E-state index is 0.366. The fourth-order valence-electron chi connectivity index (χ4n) is 2.86. The third-order valence-corrected chi connectivity index (χ3v) is 4.24. The summed E-state index contributed by atoms with van der Waals surface area (Å²) in [6, 6.07) is 0. The van der Waals surface area contributed by atoms with Gasteiger partial charge in [-0.25, -0.2) is 0 Å². The van der Waals surface area contributed by atoms with E-state index in [4.69, 9.17) is 9.84 Å². The van der Waals surface area contributed by atoms with Gasteiger partial charge in [0.25, 0.3) is 0 Å². The van der Waals surface area contributed by atoms with Gasteiger partial charge in [-0.05, 0) is 19.4 Å². The summed E-state index contributed by atoms with van der Waals surface area (Å²) in [5, 5.41) is 8.68. The molecule has 1 heterocycles. The first-order chi connectivity index (χ1) is 9.93. The van der Waals surface area contributed by atoms with E-state index in [1.807, 2.05) is 0 Å². The normalized spacial score (nSPS) is 16.6. The average molecular weight is 285 g/mol. The number of aliphatic hydroxyl groups is 1. The first kappa shape index (κ1) is 17.9. The molecule has 20 heavy (non-hydrogen) atoms. The monoisotopic (exact) mass is 285 g/mol. The Morgan fingerprint density at radius 3 is 1.60 bits per heavy atom. The van der Waals surface area contributed by atoms with E-state index in [0.29, 0.717) is 6.61 Å². The van der Waals surface area contributed by atoms with Crippen molar-refractivity contribution in [3.8, 4) is 0 Å². The van der Waals surface area contributed by atoms with Crippen molar-refractivity contribution >= 4 is 0 Å². The molecule has 0 aromatic heterocycles. The molecule has 3 heteroatoms. The van der Waals surface area contributed by atoms with Crippen molar-refractivity contribution in [3.63, 3.8) is 0 Å². The molecular weight excluding hydrogens is 250 g/mol. The predicted molar refractivity (Wildman–Crippen MR) is 85.1 cm³/mol. The van der Waals surface area contributed by atoms with Gasteiger partial charge in [-0.1, -0.05) is 57.8 Å². The fourth-order valence-corrected chi connectivity index (χ4v) is 2.86. The van der Waals surface area contributed by atoms with Crippen molar-refractivity contribution in [2.45, 2.75) is 70.6 Å². The first-order valence-electron chi connectivity index (χ1n) is 8.84. The molecule has 0 spiro atoms. The summed E-state index contributed by atoms with van der Waals surface area (Å²) in [7, 11) is 0. The Morgan fingerprint density at radius 2 is 1.10 bits per heavy atom. The van der Waals surface area contributed by atoms with Crippen LogP contribution in [0.5, 0.6) is 0 Å². The largest absolute Gasteiger partial charge is 0.396 e. The molecule has 1 saturated heterocycles. The molecule has 0 aromatic carbocycles. The molecule has 3 nitrogen and oxygen atoms in total. The summed E-state index contributed by atoms with van der Waals surface area (Å²) in [4.78, 5) is 2.54. The van der Waals surface area contributed by atoms with E-state index in [-0.39, 0.29) is 0 Å². The third kappa shape index (κ3) is 10.6. The van der Waals surface area contributed by atoms with Gasteiger partial charge in [0.15, 0.2) is 0 Å². The van der Waals surface area contributed by atoms with Crippen LogP contribution in [0, 0.1) is 0 Å². The van der Waals surface area contributed by atoms with Gasteiger partial charge in [0, 0.05) is 19.7 Å². The fraction of sp³-hybridized carbons (Fsp3) is 1.00. The molecule has 0 amide bonds. The van der Waals surface area contributed by atoms with Crippen LogP contribution < -0.4 is 0 Å². The van der Waals surface area contributed by atoms with Gasteiger partial charge in [-0.2, -0.15) is 0 Å². The van der Waals surface area contributed by atoms with E-state index in [0.717, 1.165) is 32.7 Å². The third-order valence-electron chi connectivity index (χ3n) is 4.24. The Hall–Kier alpha value is -0.120. The summed E-state index contributed by atoms with van der Waals surface area (Å²) < 4.78 is 5.36. The zero-order valence-corrected chi connectivity index (χ0v) is 13.3. The standard InChI is InChI=1S/C17H35NO2/c19-15-11-9-7-5-3-1-2-4-6-8-10-12-18-13-16-20-17-14-18/h19H,1-17H2. The molecule has 120 valence electrons. The zero-order chi connectivity index (χ0) is 14.3. The molecule has 1 N–H and O–H groups in total. The maximum absolute atomic E-state index is 8.68. The molecule has 0 aliphatic carbocycles. The number of nitrogens with zero attached hydrogens (tertiary/aromatic N) is 1. The van der Waals surface area contributed by atoms with Gasteiger partial charge in [0.05, 0.1) is 13.2 Å². The van der Waals surface area contributed by atoms with Gasteiger partial charge in [-0.3, -0.25) is 4.90 Å². The van der Waals surface area contributed by atoms with Crippen molar-refractivity contribution in [1.29, 1.82) is 0 Å². The van der Waals surface area contributed by atoms with E-state index in [9.17, 15) is 0 Å². The maximum atomic E-state index is 8.68. The van der Waals surface area contributed by atoms with Crippen LogP contribution >= 0.6 is 0 Å². The smallest absolute Gasteiger partial charge is 0.0594 e. The highest BCUT2D eigenvalue weighted by Crippen LogP contribution is 2.11. The highest BCUT2D eigenvalue weighted by atomic mass is 16.5.